The molecule has 0 saturated heterocycles. The van der Waals surface area contributed by atoms with Crippen molar-refractivity contribution in [3.63, 3.8) is 0 Å². The summed E-state index contributed by atoms with van der Waals surface area (Å²) in [5.74, 6) is -0.295. The van der Waals surface area contributed by atoms with Crippen LogP contribution < -0.4 is 11.2 Å². The Bertz CT molecular complexity index is 1290. The Hall–Kier alpha value is -3.41. The molecule has 142 valence electrons. The van der Waals surface area contributed by atoms with Crippen molar-refractivity contribution in [2.45, 2.75) is 13.5 Å². The Balaban J connectivity index is 2.04. The highest BCUT2D eigenvalue weighted by molar-refractivity contribution is 5.93. The Morgan fingerprint density at radius 2 is 1.54 bits per heavy atom. The minimum atomic E-state index is -0.369. The van der Waals surface area contributed by atoms with Crippen LogP contribution in [0.4, 0.5) is 4.39 Å². The largest absolute Gasteiger partial charge is 0.340 e. The van der Waals surface area contributed by atoms with Crippen molar-refractivity contribution in [3.8, 4) is 11.3 Å². The fourth-order valence-electron chi connectivity index (χ4n) is 3.52. The minimum absolute atomic E-state index is 0.295. The van der Waals surface area contributed by atoms with E-state index in [0.29, 0.717) is 17.4 Å². The van der Waals surface area contributed by atoms with Crippen molar-refractivity contribution in [3.05, 3.63) is 92.5 Å². The molecule has 2 aromatic heterocycles. The number of halogens is 1. The second-order valence-corrected chi connectivity index (χ2v) is 7.06. The van der Waals surface area contributed by atoms with Gasteiger partial charge in [0.25, 0.3) is 5.56 Å². The van der Waals surface area contributed by atoms with Gasteiger partial charge in [-0.15, -0.1) is 0 Å². The van der Waals surface area contributed by atoms with Crippen molar-refractivity contribution < 1.29 is 4.39 Å². The molecule has 0 atom stereocenters. The number of rotatable bonds is 3. The van der Waals surface area contributed by atoms with Gasteiger partial charge >= 0.3 is 5.69 Å². The predicted octanol–water partition coefficient (Wildman–Crippen LogP) is 3.20. The first-order chi connectivity index (χ1) is 13.4. The van der Waals surface area contributed by atoms with Gasteiger partial charge in [0, 0.05) is 26.8 Å². The van der Waals surface area contributed by atoms with Gasteiger partial charge in [-0.05, 0) is 30.2 Å². The molecule has 2 heterocycles. The average molecular weight is 377 g/mol. The van der Waals surface area contributed by atoms with Crippen LogP contribution >= 0.6 is 0 Å². The van der Waals surface area contributed by atoms with Gasteiger partial charge in [0.05, 0.1) is 16.6 Å². The lowest BCUT2D eigenvalue weighted by atomic mass is 10.1. The topological polar surface area (TPSA) is 48.9 Å². The van der Waals surface area contributed by atoms with Crippen molar-refractivity contribution in [2.75, 3.05) is 0 Å². The maximum atomic E-state index is 13.3. The molecule has 28 heavy (non-hydrogen) atoms. The van der Waals surface area contributed by atoms with E-state index in [1.807, 2.05) is 42.0 Å². The molecule has 0 fully saturated rings. The summed E-state index contributed by atoms with van der Waals surface area (Å²) >= 11 is 0. The van der Waals surface area contributed by atoms with Gasteiger partial charge in [0.1, 0.15) is 5.82 Å². The van der Waals surface area contributed by atoms with Crippen LogP contribution in [-0.2, 0) is 20.6 Å². The molecule has 0 saturated carbocycles. The van der Waals surface area contributed by atoms with Crippen LogP contribution in [0.1, 0.15) is 11.1 Å². The summed E-state index contributed by atoms with van der Waals surface area (Å²) < 4.78 is 17.8. The molecule has 0 bridgehead atoms. The fourth-order valence-corrected chi connectivity index (χ4v) is 3.52. The van der Waals surface area contributed by atoms with E-state index in [2.05, 4.69) is 0 Å². The average Bonchev–Trinajstić information content (AvgIpc) is 3.06. The third-order valence-corrected chi connectivity index (χ3v) is 5.10. The summed E-state index contributed by atoms with van der Waals surface area (Å²) in [6, 6.07) is 14.2. The van der Waals surface area contributed by atoms with Crippen LogP contribution in [0.5, 0.6) is 0 Å². The van der Waals surface area contributed by atoms with Crippen LogP contribution in [-0.4, -0.2) is 13.7 Å². The first kappa shape index (κ1) is 18.0. The molecule has 4 rings (SSSR count). The minimum Gasteiger partial charge on any atom is -0.340 e. The van der Waals surface area contributed by atoms with E-state index in [4.69, 9.17) is 0 Å². The number of aryl methyl sites for hydroxylation is 2. The van der Waals surface area contributed by atoms with Crippen LogP contribution in [0, 0.1) is 12.7 Å². The molecule has 5 nitrogen and oxygen atoms in total. The third kappa shape index (κ3) is 2.87. The monoisotopic (exact) mass is 377 g/mol. The molecule has 2 aromatic carbocycles. The van der Waals surface area contributed by atoms with Gasteiger partial charge in [0.2, 0.25) is 0 Å². The molecule has 0 aliphatic rings. The first-order valence-electron chi connectivity index (χ1n) is 8.97. The van der Waals surface area contributed by atoms with Gasteiger partial charge < -0.3 is 4.57 Å². The van der Waals surface area contributed by atoms with Gasteiger partial charge in [0.15, 0.2) is 0 Å². The Labute approximate surface area is 160 Å². The van der Waals surface area contributed by atoms with E-state index >= 15 is 0 Å². The van der Waals surface area contributed by atoms with Gasteiger partial charge in [-0.3, -0.25) is 13.9 Å². The van der Waals surface area contributed by atoms with Crippen molar-refractivity contribution >= 4 is 10.9 Å². The summed E-state index contributed by atoms with van der Waals surface area (Å²) in [6.45, 7) is 2.46. The molecule has 0 aliphatic carbocycles. The van der Waals surface area contributed by atoms with Crippen LogP contribution in [0.25, 0.3) is 22.2 Å². The zero-order chi connectivity index (χ0) is 20.0. The lowest BCUT2D eigenvalue weighted by molar-refractivity contribution is 0.626. The molecule has 6 heteroatoms. The first-order valence-corrected chi connectivity index (χ1v) is 8.97. The van der Waals surface area contributed by atoms with Crippen molar-refractivity contribution in [2.24, 2.45) is 14.1 Å². The van der Waals surface area contributed by atoms with E-state index in [1.165, 1.54) is 23.7 Å². The Morgan fingerprint density at radius 1 is 0.893 bits per heavy atom. The standard InChI is InChI=1S/C22H20FN3O2/c1-14-4-8-16(9-5-14)20-19-18(24(2)22(28)25(3)21(19)27)13-26(20)12-15-6-10-17(23)11-7-15/h4-11,13H,12H2,1-3H3. The Kier molecular flexibility index (Phi) is 4.26. The second-order valence-electron chi connectivity index (χ2n) is 7.06. The lowest BCUT2D eigenvalue weighted by Gasteiger charge is -2.11. The number of hydrogen-bond donors (Lipinski definition) is 0. The maximum absolute atomic E-state index is 13.3. The van der Waals surface area contributed by atoms with Crippen LogP contribution in [0.2, 0.25) is 0 Å². The van der Waals surface area contributed by atoms with Gasteiger partial charge in [-0.2, -0.15) is 0 Å². The molecular weight excluding hydrogens is 357 g/mol. The number of benzene rings is 2. The zero-order valence-corrected chi connectivity index (χ0v) is 15.9. The molecule has 0 amide bonds. The zero-order valence-electron chi connectivity index (χ0n) is 15.9. The summed E-state index contributed by atoms with van der Waals surface area (Å²) in [7, 11) is 3.14. The van der Waals surface area contributed by atoms with Crippen LogP contribution in [0.3, 0.4) is 0 Å². The molecule has 0 radical (unpaired) electrons. The number of nitrogens with zero attached hydrogens (tertiary/aromatic N) is 3. The van der Waals surface area contributed by atoms with E-state index in [1.54, 1.807) is 19.2 Å². The van der Waals surface area contributed by atoms with E-state index in [0.717, 1.165) is 27.0 Å². The molecule has 4 aromatic rings. The summed E-state index contributed by atoms with van der Waals surface area (Å²) in [6.07, 6.45) is 1.82. The maximum Gasteiger partial charge on any atom is 0.330 e. The highest BCUT2D eigenvalue weighted by atomic mass is 19.1. The van der Waals surface area contributed by atoms with E-state index in [-0.39, 0.29) is 17.1 Å². The van der Waals surface area contributed by atoms with Gasteiger partial charge in [-0.1, -0.05) is 42.0 Å². The van der Waals surface area contributed by atoms with Gasteiger partial charge in [-0.25, -0.2) is 9.18 Å². The number of fused-ring (bicyclic) bond motifs is 1. The molecule has 0 aliphatic heterocycles. The molecule has 0 unspecified atom stereocenters. The second kappa shape index (κ2) is 6.64. The normalized spacial score (nSPS) is 11.3. The number of aromatic nitrogens is 3. The summed E-state index contributed by atoms with van der Waals surface area (Å²) in [5, 5.41) is 0.496. The quantitative estimate of drug-likeness (QED) is 0.551. The predicted molar refractivity (Wildman–Crippen MR) is 108 cm³/mol. The van der Waals surface area contributed by atoms with E-state index < -0.39 is 0 Å². The molecule has 0 spiro atoms. The van der Waals surface area contributed by atoms with Crippen molar-refractivity contribution in [1.29, 1.82) is 0 Å². The SMILES string of the molecule is Cc1ccc(-c2c3c(=O)n(C)c(=O)n(C)c3cn2Cc2ccc(F)cc2)cc1. The van der Waals surface area contributed by atoms with Crippen LogP contribution in [0.15, 0.2) is 64.3 Å². The Morgan fingerprint density at radius 3 is 2.18 bits per heavy atom. The van der Waals surface area contributed by atoms with E-state index in [9.17, 15) is 14.0 Å². The van der Waals surface area contributed by atoms with Crippen molar-refractivity contribution in [1.82, 2.24) is 13.7 Å². The summed E-state index contributed by atoms with van der Waals surface area (Å²) in [4.78, 5) is 25.3. The fraction of sp³-hybridized carbons (Fsp3) is 0.182. The molecule has 0 N–H and O–H groups in total. The highest BCUT2D eigenvalue weighted by Crippen LogP contribution is 2.29. The molecular formula is C22H20FN3O2. The summed E-state index contributed by atoms with van der Waals surface area (Å²) in [5.41, 5.74) is 3.53. The smallest absolute Gasteiger partial charge is 0.330 e. The number of hydrogen-bond acceptors (Lipinski definition) is 2. The third-order valence-electron chi connectivity index (χ3n) is 5.10. The highest BCUT2D eigenvalue weighted by Gasteiger charge is 2.19. The lowest BCUT2D eigenvalue weighted by Crippen LogP contribution is -2.36.